The van der Waals surface area contributed by atoms with Crippen molar-refractivity contribution in [2.75, 3.05) is 13.2 Å². The van der Waals surface area contributed by atoms with E-state index in [9.17, 15) is 0 Å². The maximum atomic E-state index is 5.70. The molecule has 0 bridgehead atoms. The highest BCUT2D eigenvalue weighted by Gasteiger charge is 2.40. The summed E-state index contributed by atoms with van der Waals surface area (Å²) in [7, 11) is 0. The fraction of sp³-hybridized carbons (Fsp3) is 0.304. The molecule has 0 unspecified atom stereocenters. The van der Waals surface area contributed by atoms with E-state index < -0.39 is 0 Å². The summed E-state index contributed by atoms with van der Waals surface area (Å²) in [5.74, 6) is 0.882. The summed E-state index contributed by atoms with van der Waals surface area (Å²) >= 11 is 5.70. The number of rotatable bonds is 7. The van der Waals surface area contributed by atoms with Gasteiger partial charge in [-0.25, -0.2) is 0 Å². The summed E-state index contributed by atoms with van der Waals surface area (Å²) < 4.78 is 7.82. The molecule has 0 aliphatic carbocycles. The van der Waals surface area contributed by atoms with Crippen molar-refractivity contribution >= 4 is 17.3 Å². The lowest BCUT2D eigenvalue weighted by molar-refractivity contribution is 0.309. The zero-order valence-electron chi connectivity index (χ0n) is 16.8. The highest BCUT2D eigenvalue weighted by molar-refractivity contribution is 7.80. The molecule has 150 valence electrons. The fourth-order valence-corrected chi connectivity index (χ4v) is 4.28. The molecule has 2 aromatic heterocycles. The van der Waals surface area contributed by atoms with Crippen LogP contribution in [0.5, 0.6) is 5.75 Å². The van der Waals surface area contributed by atoms with Gasteiger partial charge < -0.3 is 19.5 Å². The van der Waals surface area contributed by atoms with E-state index in [1.807, 2.05) is 37.4 Å². The number of aromatic nitrogens is 2. The van der Waals surface area contributed by atoms with Crippen LogP contribution in [0.4, 0.5) is 0 Å². The molecule has 1 aliphatic rings. The molecular weight excluding hydrogens is 380 g/mol. The van der Waals surface area contributed by atoms with Crippen LogP contribution in [-0.4, -0.2) is 32.7 Å². The van der Waals surface area contributed by atoms with Crippen molar-refractivity contribution in [1.29, 1.82) is 0 Å². The van der Waals surface area contributed by atoms with E-state index in [0.717, 1.165) is 35.2 Å². The van der Waals surface area contributed by atoms with Crippen LogP contribution in [0.3, 0.4) is 0 Å². The molecule has 0 saturated carbocycles. The number of thiocarbonyl (C=S) groups is 1. The van der Waals surface area contributed by atoms with Crippen LogP contribution in [0.2, 0.25) is 0 Å². The number of nitrogens with one attached hydrogen (secondary N) is 1. The summed E-state index contributed by atoms with van der Waals surface area (Å²) in [6.07, 6.45) is 4.97. The Kier molecular flexibility index (Phi) is 5.81. The first-order valence-corrected chi connectivity index (χ1v) is 10.5. The zero-order valence-corrected chi connectivity index (χ0v) is 17.6. The Balaban J connectivity index is 1.74. The topological polar surface area (TPSA) is 42.3 Å². The fourth-order valence-electron chi connectivity index (χ4n) is 3.95. The SMILES string of the molecule is CCCN1C(=S)N[C@H](c2ccccn2)[C@@H]1c1cccn1-c1ccc(OCC)cc1. The number of pyridine rings is 1. The van der Waals surface area contributed by atoms with Gasteiger partial charge in [0.1, 0.15) is 5.75 Å². The van der Waals surface area contributed by atoms with E-state index in [4.69, 9.17) is 17.0 Å². The predicted octanol–water partition coefficient (Wildman–Crippen LogP) is 4.65. The summed E-state index contributed by atoms with van der Waals surface area (Å²) in [4.78, 5) is 6.90. The highest BCUT2D eigenvalue weighted by atomic mass is 32.1. The molecule has 0 amide bonds. The van der Waals surface area contributed by atoms with Gasteiger partial charge in [0.2, 0.25) is 0 Å². The van der Waals surface area contributed by atoms with Crippen LogP contribution in [0.1, 0.15) is 43.7 Å². The Morgan fingerprint density at radius 3 is 2.59 bits per heavy atom. The smallest absolute Gasteiger partial charge is 0.170 e. The lowest BCUT2D eigenvalue weighted by Gasteiger charge is -2.28. The quantitative estimate of drug-likeness (QED) is 0.579. The second kappa shape index (κ2) is 8.66. The number of hydrogen-bond acceptors (Lipinski definition) is 3. The van der Waals surface area contributed by atoms with E-state index in [0.29, 0.717) is 6.61 Å². The van der Waals surface area contributed by atoms with Gasteiger partial charge in [-0.2, -0.15) is 0 Å². The summed E-state index contributed by atoms with van der Waals surface area (Å²) in [5.41, 5.74) is 3.28. The molecule has 1 aromatic carbocycles. The van der Waals surface area contributed by atoms with Crippen molar-refractivity contribution in [3.63, 3.8) is 0 Å². The van der Waals surface area contributed by atoms with Gasteiger partial charge in [0.15, 0.2) is 5.11 Å². The molecule has 1 N–H and O–H groups in total. The first kappa shape index (κ1) is 19.5. The molecule has 2 atom stereocenters. The van der Waals surface area contributed by atoms with E-state index >= 15 is 0 Å². The Hall–Kier alpha value is -2.86. The Morgan fingerprint density at radius 1 is 1.07 bits per heavy atom. The predicted molar refractivity (Wildman–Crippen MR) is 119 cm³/mol. The Labute approximate surface area is 177 Å². The van der Waals surface area contributed by atoms with Gasteiger partial charge in [0.05, 0.1) is 24.4 Å². The lowest BCUT2D eigenvalue weighted by Crippen LogP contribution is -2.31. The number of nitrogens with zero attached hydrogens (tertiary/aromatic N) is 3. The van der Waals surface area contributed by atoms with Crippen LogP contribution in [-0.2, 0) is 0 Å². The molecule has 1 aliphatic heterocycles. The van der Waals surface area contributed by atoms with Crippen LogP contribution >= 0.6 is 12.2 Å². The molecule has 1 saturated heterocycles. The molecule has 5 nitrogen and oxygen atoms in total. The van der Waals surface area contributed by atoms with Gasteiger partial charge in [-0.3, -0.25) is 4.98 Å². The molecule has 0 spiro atoms. The van der Waals surface area contributed by atoms with Crippen LogP contribution < -0.4 is 10.1 Å². The molecule has 29 heavy (non-hydrogen) atoms. The third kappa shape index (κ3) is 3.85. The van der Waals surface area contributed by atoms with E-state index in [1.165, 1.54) is 5.69 Å². The van der Waals surface area contributed by atoms with Crippen molar-refractivity contribution in [2.24, 2.45) is 0 Å². The van der Waals surface area contributed by atoms with E-state index in [1.54, 1.807) is 0 Å². The summed E-state index contributed by atoms with van der Waals surface area (Å²) in [6.45, 7) is 5.73. The van der Waals surface area contributed by atoms with Gasteiger partial charge in [-0.1, -0.05) is 13.0 Å². The second-order valence-electron chi connectivity index (χ2n) is 7.05. The van der Waals surface area contributed by atoms with Crippen molar-refractivity contribution in [1.82, 2.24) is 19.8 Å². The third-order valence-corrected chi connectivity index (χ3v) is 5.52. The largest absolute Gasteiger partial charge is 0.494 e. The number of ether oxygens (including phenoxy) is 1. The molecule has 3 aromatic rings. The average Bonchev–Trinajstić information content (AvgIpc) is 3.35. The molecule has 6 heteroatoms. The minimum absolute atomic E-state index is 0.00611. The summed E-state index contributed by atoms with van der Waals surface area (Å²) in [5, 5.41) is 4.29. The van der Waals surface area contributed by atoms with Gasteiger partial charge in [-0.15, -0.1) is 0 Å². The average molecular weight is 407 g/mol. The van der Waals surface area contributed by atoms with Gasteiger partial charge in [0, 0.05) is 30.3 Å². The normalized spacial score (nSPS) is 18.7. The standard InChI is InChI=1S/C23H26N4OS/c1-3-15-27-22(21(25-23(27)29)19-8-5-6-14-24-19)20-9-7-16-26(20)17-10-12-18(13-11-17)28-4-2/h5-14,16,21-22H,3-4,15H2,1-2H3,(H,25,29)/t21-,22+/m1/s1. The third-order valence-electron chi connectivity index (χ3n) is 5.17. The minimum atomic E-state index is 0.00611. The molecular formula is C23H26N4OS. The minimum Gasteiger partial charge on any atom is -0.494 e. The van der Waals surface area contributed by atoms with Crippen molar-refractivity contribution in [3.8, 4) is 11.4 Å². The molecule has 1 fully saturated rings. The van der Waals surface area contributed by atoms with Crippen molar-refractivity contribution in [2.45, 2.75) is 32.4 Å². The van der Waals surface area contributed by atoms with Crippen molar-refractivity contribution < 1.29 is 4.74 Å². The zero-order chi connectivity index (χ0) is 20.2. The molecule has 0 radical (unpaired) electrons. The van der Waals surface area contributed by atoms with Crippen LogP contribution in [0.15, 0.2) is 67.0 Å². The number of hydrogen-bond donors (Lipinski definition) is 1. The lowest BCUT2D eigenvalue weighted by atomic mass is 10.0. The maximum absolute atomic E-state index is 5.70. The monoisotopic (exact) mass is 406 g/mol. The van der Waals surface area contributed by atoms with Gasteiger partial charge in [0.25, 0.3) is 0 Å². The first-order chi connectivity index (χ1) is 14.2. The van der Waals surface area contributed by atoms with Gasteiger partial charge in [-0.05, 0) is 74.1 Å². The van der Waals surface area contributed by atoms with Crippen molar-refractivity contribution in [3.05, 3.63) is 78.4 Å². The molecule has 3 heterocycles. The Morgan fingerprint density at radius 2 is 1.90 bits per heavy atom. The van der Waals surface area contributed by atoms with Crippen LogP contribution in [0.25, 0.3) is 5.69 Å². The maximum Gasteiger partial charge on any atom is 0.170 e. The first-order valence-electron chi connectivity index (χ1n) is 10.1. The Bertz CT molecular complexity index is 955. The molecule has 4 rings (SSSR count). The summed E-state index contributed by atoms with van der Waals surface area (Å²) in [6, 6.07) is 18.6. The van der Waals surface area contributed by atoms with E-state index in [-0.39, 0.29) is 12.1 Å². The number of benzene rings is 1. The van der Waals surface area contributed by atoms with E-state index in [2.05, 4.69) is 63.2 Å². The van der Waals surface area contributed by atoms with Gasteiger partial charge >= 0.3 is 0 Å². The highest BCUT2D eigenvalue weighted by Crippen LogP contribution is 2.39. The van der Waals surface area contributed by atoms with Crippen LogP contribution in [0, 0.1) is 0 Å². The second-order valence-corrected chi connectivity index (χ2v) is 7.44.